The molecule has 1 aromatic carbocycles. The summed E-state index contributed by atoms with van der Waals surface area (Å²) >= 11 is 0. The maximum Gasteiger partial charge on any atom is 0.271 e. The van der Waals surface area contributed by atoms with Crippen molar-refractivity contribution >= 4 is 12.1 Å². The van der Waals surface area contributed by atoms with Crippen LogP contribution in [0, 0.1) is 0 Å². The fraction of sp³-hybridized carbons (Fsp3) is 0.133. The molecule has 1 amide bonds. The number of amides is 1. The Morgan fingerprint density at radius 3 is 2.33 bits per heavy atom. The predicted octanol–water partition coefficient (Wildman–Crippen LogP) is 1.86. The van der Waals surface area contributed by atoms with Crippen LogP contribution in [0.2, 0.25) is 0 Å². The van der Waals surface area contributed by atoms with Crippen LogP contribution < -0.4 is 14.9 Å². The van der Waals surface area contributed by atoms with Crippen molar-refractivity contribution < 1.29 is 14.3 Å². The van der Waals surface area contributed by atoms with Crippen LogP contribution in [0.1, 0.15) is 15.9 Å². The third-order valence-electron chi connectivity index (χ3n) is 2.70. The molecule has 0 saturated carbocycles. The van der Waals surface area contributed by atoms with E-state index in [0.29, 0.717) is 17.1 Å². The van der Waals surface area contributed by atoms with E-state index in [9.17, 15) is 4.79 Å². The van der Waals surface area contributed by atoms with Gasteiger partial charge in [0.1, 0.15) is 11.5 Å². The van der Waals surface area contributed by atoms with Crippen molar-refractivity contribution in [3.63, 3.8) is 0 Å². The van der Waals surface area contributed by atoms with E-state index in [0.717, 1.165) is 5.56 Å². The molecule has 0 radical (unpaired) electrons. The number of benzene rings is 1. The van der Waals surface area contributed by atoms with Gasteiger partial charge >= 0.3 is 0 Å². The summed E-state index contributed by atoms with van der Waals surface area (Å²) in [5.41, 5.74) is 3.69. The van der Waals surface area contributed by atoms with Gasteiger partial charge in [0.15, 0.2) is 0 Å². The van der Waals surface area contributed by atoms with E-state index in [1.165, 1.54) is 20.4 Å². The number of carbonyl (C=O) groups is 1. The zero-order valence-electron chi connectivity index (χ0n) is 11.7. The number of nitrogens with one attached hydrogen (secondary N) is 1. The number of pyridine rings is 1. The largest absolute Gasteiger partial charge is 0.497 e. The van der Waals surface area contributed by atoms with Crippen molar-refractivity contribution in [3.05, 3.63) is 53.9 Å². The minimum Gasteiger partial charge on any atom is -0.497 e. The summed E-state index contributed by atoms with van der Waals surface area (Å²) in [6, 6.07) is 8.48. The molecule has 0 unspecified atom stereocenters. The summed E-state index contributed by atoms with van der Waals surface area (Å²) in [5, 5.41) is 3.89. The van der Waals surface area contributed by atoms with E-state index in [4.69, 9.17) is 9.47 Å². The van der Waals surface area contributed by atoms with Crippen LogP contribution in [0.15, 0.2) is 47.8 Å². The van der Waals surface area contributed by atoms with Crippen LogP contribution in [0.3, 0.4) is 0 Å². The first-order chi connectivity index (χ1) is 10.2. The second-order valence-electron chi connectivity index (χ2n) is 4.08. The zero-order chi connectivity index (χ0) is 15.1. The molecule has 0 aliphatic heterocycles. The van der Waals surface area contributed by atoms with Crippen molar-refractivity contribution in [2.45, 2.75) is 0 Å². The normalized spacial score (nSPS) is 10.4. The van der Waals surface area contributed by atoms with Gasteiger partial charge < -0.3 is 9.47 Å². The quantitative estimate of drug-likeness (QED) is 0.672. The number of rotatable bonds is 5. The molecule has 0 fully saturated rings. The molecule has 0 bridgehead atoms. The van der Waals surface area contributed by atoms with Crippen molar-refractivity contribution in [2.24, 2.45) is 5.10 Å². The molecule has 1 N–H and O–H groups in total. The van der Waals surface area contributed by atoms with Crippen molar-refractivity contribution in [1.82, 2.24) is 10.4 Å². The second-order valence-corrected chi connectivity index (χ2v) is 4.08. The third kappa shape index (κ3) is 4.04. The third-order valence-corrected chi connectivity index (χ3v) is 2.70. The molecule has 6 heteroatoms. The second kappa shape index (κ2) is 7.04. The molecular formula is C15H15N3O3. The molecule has 1 heterocycles. The minimum absolute atomic E-state index is 0.350. The lowest BCUT2D eigenvalue weighted by Gasteiger charge is -2.07. The molecule has 1 aromatic heterocycles. The standard InChI is InChI=1S/C15H15N3O3/c1-20-13-7-12(8-14(9-13)21-2)15(19)18-17-10-11-3-5-16-6-4-11/h3-10H,1-2H3,(H,18,19). The topological polar surface area (TPSA) is 72.8 Å². The molecular weight excluding hydrogens is 270 g/mol. The van der Waals surface area contributed by atoms with Crippen LogP contribution >= 0.6 is 0 Å². The number of hydrazone groups is 1. The monoisotopic (exact) mass is 285 g/mol. The summed E-state index contributed by atoms with van der Waals surface area (Å²) in [6.07, 6.45) is 4.84. The van der Waals surface area contributed by atoms with Crippen LogP contribution in [0.5, 0.6) is 11.5 Å². The highest BCUT2D eigenvalue weighted by Crippen LogP contribution is 2.22. The predicted molar refractivity (Wildman–Crippen MR) is 78.8 cm³/mol. The van der Waals surface area contributed by atoms with Gasteiger partial charge in [-0.3, -0.25) is 9.78 Å². The van der Waals surface area contributed by atoms with Gasteiger partial charge in [0.25, 0.3) is 5.91 Å². The Labute approximate surface area is 122 Å². The number of nitrogens with zero attached hydrogens (tertiary/aromatic N) is 2. The average Bonchev–Trinajstić information content (AvgIpc) is 2.55. The number of ether oxygens (including phenoxy) is 2. The van der Waals surface area contributed by atoms with Gasteiger partial charge in [0.05, 0.1) is 20.4 Å². The van der Waals surface area contributed by atoms with Gasteiger partial charge in [-0.1, -0.05) is 0 Å². The van der Waals surface area contributed by atoms with E-state index >= 15 is 0 Å². The highest BCUT2D eigenvalue weighted by molar-refractivity contribution is 5.95. The Balaban J connectivity index is 2.08. The highest BCUT2D eigenvalue weighted by Gasteiger charge is 2.08. The van der Waals surface area contributed by atoms with Crippen molar-refractivity contribution in [3.8, 4) is 11.5 Å². The van der Waals surface area contributed by atoms with Crippen LogP contribution in [0.4, 0.5) is 0 Å². The lowest BCUT2D eigenvalue weighted by Crippen LogP contribution is -2.17. The molecule has 0 aliphatic rings. The van der Waals surface area contributed by atoms with Crippen molar-refractivity contribution in [1.29, 1.82) is 0 Å². The van der Waals surface area contributed by atoms with Gasteiger partial charge in [-0.2, -0.15) is 5.10 Å². The first-order valence-corrected chi connectivity index (χ1v) is 6.19. The number of hydrogen-bond acceptors (Lipinski definition) is 5. The Bertz CT molecular complexity index is 620. The van der Waals surface area contributed by atoms with E-state index in [2.05, 4.69) is 15.5 Å². The molecule has 0 spiro atoms. The lowest BCUT2D eigenvalue weighted by atomic mass is 10.2. The lowest BCUT2D eigenvalue weighted by molar-refractivity contribution is 0.0954. The summed E-state index contributed by atoms with van der Waals surface area (Å²) in [4.78, 5) is 15.9. The van der Waals surface area contributed by atoms with Gasteiger partial charge in [0, 0.05) is 24.0 Å². The van der Waals surface area contributed by atoms with E-state index in [1.807, 2.05) is 0 Å². The first-order valence-electron chi connectivity index (χ1n) is 6.19. The fourth-order valence-electron chi connectivity index (χ4n) is 1.62. The Morgan fingerprint density at radius 2 is 1.76 bits per heavy atom. The van der Waals surface area contributed by atoms with Gasteiger partial charge in [-0.25, -0.2) is 5.43 Å². The molecule has 6 nitrogen and oxygen atoms in total. The molecule has 2 aromatic rings. The number of aromatic nitrogens is 1. The van der Waals surface area contributed by atoms with Gasteiger partial charge in [0.2, 0.25) is 0 Å². The summed E-state index contributed by atoms with van der Waals surface area (Å²) in [7, 11) is 3.05. The maximum absolute atomic E-state index is 12.0. The van der Waals surface area contributed by atoms with E-state index in [-0.39, 0.29) is 5.91 Å². The van der Waals surface area contributed by atoms with E-state index in [1.54, 1.807) is 42.7 Å². The molecule has 108 valence electrons. The Hall–Kier alpha value is -2.89. The van der Waals surface area contributed by atoms with Crippen molar-refractivity contribution in [2.75, 3.05) is 14.2 Å². The zero-order valence-corrected chi connectivity index (χ0v) is 11.7. The number of carbonyl (C=O) groups excluding carboxylic acids is 1. The molecule has 0 saturated heterocycles. The maximum atomic E-state index is 12.0. The van der Waals surface area contributed by atoms with Gasteiger partial charge in [-0.15, -0.1) is 0 Å². The molecule has 0 aliphatic carbocycles. The summed E-state index contributed by atoms with van der Waals surface area (Å²) in [5.74, 6) is 0.729. The molecule has 21 heavy (non-hydrogen) atoms. The van der Waals surface area contributed by atoms with Gasteiger partial charge in [-0.05, 0) is 29.8 Å². The summed E-state index contributed by atoms with van der Waals surface area (Å²) < 4.78 is 10.2. The number of methoxy groups -OCH3 is 2. The molecule has 2 rings (SSSR count). The number of hydrogen-bond donors (Lipinski definition) is 1. The average molecular weight is 285 g/mol. The Kier molecular flexibility index (Phi) is 4.87. The Morgan fingerprint density at radius 1 is 1.14 bits per heavy atom. The molecule has 0 atom stereocenters. The summed E-state index contributed by atoms with van der Waals surface area (Å²) in [6.45, 7) is 0. The van der Waals surface area contributed by atoms with Crippen LogP contribution in [-0.2, 0) is 0 Å². The first kappa shape index (κ1) is 14.5. The van der Waals surface area contributed by atoms with Crippen LogP contribution in [0.25, 0.3) is 0 Å². The van der Waals surface area contributed by atoms with E-state index < -0.39 is 0 Å². The fourth-order valence-corrected chi connectivity index (χ4v) is 1.62. The highest BCUT2D eigenvalue weighted by atomic mass is 16.5. The van der Waals surface area contributed by atoms with Crippen LogP contribution in [-0.4, -0.2) is 31.3 Å². The smallest absolute Gasteiger partial charge is 0.271 e. The SMILES string of the molecule is COc1cc(OC)cc(C(=O)NN=Cc2ccncc2)c1. The minimum atomic E-state index is -0.350.